The number of halogens is 1. The monoisotopic (exact) mass is 349 g/mol. The molecule has 3 atom stereocenters. The van der Waals surface area contributed by atoms with Crippen molar-refractivity contribution in [3.8, 4) is 0 Å². The van der Waals surface area contributed by atoms with Gasteiger partial charge in [-0.2, -0.15) is 0 Å². The van der Waals surface area contributed by atoms with Gasteiger partial charge in [-0.05, 0) is 43.6 Å². The van der Waals surface area contributed by atoms with Crippen LogP contribution in [-0.4, -0.2) is 55.3 Å². The molecule has 5 nitrogen and oxygen atoms in total. The Hall–Kier alpha value is -1.59. The van der Waals surface area contributed by atoms with Gasteiger partial charge in [0.05, 0.1) is 12.0 Å². The Balaban J connectivity index is 1.80. The number of amides is 2. The maximum Gasteiger partial charge on any atom is 0.228 e. The molecule has 2 fully saturated rings. The molecule has 2 heterocycles. The number of likely N-dealkylation sites (tertiary alicyclic amines) is 2. The van der Waals surface area contributed by atoms with Crippen molar-refractivity contribution in [1.29, 1.82) is 0 Å². The average Bonchev–Trinajstić information content (AvgIpc) is 3.13. The van der Waals surface area contributed by atoms with Crippen LogP contribution in [0.5, 0.6) is 0 Å². The molecule has 1 N–H and O–H groups in total. The molecule has 0 radical (unpaired) electrons. The minimum absolute atomic E-state index is 0.0179. The van der Waals surface area contributed by atoms with E-state index in [4.69, 9.17) is 11.6 Å². The van der Waals surface area contributed by atoms with Crippen molar-refractivity contribution < 1.29 is 9.59 Å². The summed E-state index contributed by atoms with van der Waals surface area (Å²) in [7, 11) is 3.71. The zero-order valence-corrected chi connectivity index (χ0v) is 14.9. The molecular formula is C18H24ClN3O2. The third-order valence-electron chi connectivity index (χ3n) is 5.18. The largest absolute Gasteiger partial charge is 0.342 e. The zero-order chi connectivity index (χ0) is 17.3. The number of carbonyl (C=O) groups excluding carboxylic acids is 2. The molecule has 2 aliphatic rings. The summed E-state index contributed by atoms with van der Waals surface area (Å²) in [6.45, 7) is 2.48. The summed E-state index contributed by atoms with van der Waals surface area (Å²) in [5.41, 5.74) is 0.931. The van der Waals surface area contributed by atoms with E-state index in [1.165, 1.54) is 0 Å². The lowest BCUT2D eigenvalue weighted by atomic mass is 9.92. The molecule has 0 saturated carbocycles. The fourth-order valence-electron chi connectivity index (χ4n) is 3.96. The minimum Gasteiger partial charge on any atom is -0.342 e. The quantitative estimate of drug-likeness (QED) is 0.903. The number of hydrogen-bond acceptors (Lipinski definition) is 3. The summed E-state index contributed by atoms with van der Waals surface area (Å²) >= 11 is 6.11. The lowest BCUT2D eigenvalue weighted by molar-refractivity contribution is -0.135. The maximum atomic E-state index is 13.1. The summed E-state index contributed by atoms with van der Waals surface area (Å²) in [5.74, 6) is 0.285. The van der Waals surface area contributed by atoms with E-state index in [1.807, 2.05) is 36.2 Å². The first-order valence-corrected chi connectivity index (χ1v) is 8.83. The molecule has 1 aromatic carbocycles. The fourth-order valence-corrected chi connectivity index (χ4v) is 4.16. The van der Waals surface area contributed by atoms with Crippen molar-refractivity contribution in [2.24, 2.45) is 11.8 Å². The van der Waals surface area contributed by atoms with E-state index in [0.29, 0.717) is 10.9 Å². The molecule has 130 valence electrons. The molecule has 2 aliphatic heterocycles. The van der Waals surface area contributed by atoms with Crippen molar-refractivity contribution in [1.82, 2.24) is 15.1 Å². The van der Waals surface area contributed by atoms with Crippen molar-refractivity contribution in [2.45, 2.75) is 18.9 Å². The van der Waals surface area contributed by atoms with Gasteiger partial charge in [0.1, 0.15) is 0 Å². The molecule has 0 aromatic heterocycles. The van der Waals surface area contributed by atoms with Crippen molar-refractivity contribution in [2.75, 3.05) is 33.7 Å². The molecule has 3 unspecified atom stereocenters. The number of hydrogen-bond donors (Lipinski definition) is 1. The first-order chi connectivity index (χ1) is 11.5. The molecule has 24 heavy (non-hydrogen) atoms. The van der Waals surface area contributed by atoms with Gasteiger partial charge in [-0.25, -0.2) is 0 Å². The van der Waals surface area contributed by atoms with Gasteiger partial charge in [-0.3, -0.25) is 9.59 Å². The number of nitrogens with zero attached hydrogens (tertiary/aromatic N) is 2. The van der Waals surface area contributed by atoms with Gasteiger partial charge < -0.3 is 15.1 Å². The number of nitrogens with one attached hydrogen (secondary N) is 1. The van der Waals surface area contributed by atoms with Crippen LogP contribution in [0.15, 0.2) is 24.3 Å². The van der Waals surface area contributed by atoms with E-state index in [9.17, 15) is 9.59 Å². The van der Waals surface area contributed by atoms with Crippen molar-refractivity contribution >= 4 is 23.4 Å². The third kappa shape index (κ3) is 3.28. The number of rotatable bonds is 4. The van der Waals surface area contributed by atoms with Gasteiger partial charge in [-0.15, -0.1) is 0 Å². The van der Waals surface area contributed by atoms with Gasteiger partial charge in [0.25, 0.3) is 0 Å². The average molecular weight is 350 g/mol. The highest BCUT2D eigenvalue weighted by atomic mass is 35.5. The predicted octanol–water partition coefficient (Wildman–Crippen LogP) is 1.93. The summed E-state index contributed by atoms with van der Waals surface area (Å²) in [6, 6.07) is 7.25. The van der Waals surface area contributed by atoms with Crippen LogP contribution in [0.25, 0.3) is 0 Å². The van der Waals surface area contributed by atoms with Gasteiger partial charge in [0.2, 0.25) is 11.8 Å². The topological polar surface area (TPSA) is 52.7 Å². The third-order valence-corrected chi connectivity index (χ3v) is 5.42. The van der Waals surface area contributed by atoms with E-state index >= 15 is 0 Å². The first-order valence-electron chi connectivity index (χ1n) is 8.45. The van der Waals surface area contributed by atoms with Crippen LogP contribution in [0, 0.1) is 11.8 Å². The highest BCUT2D eigenvalue weighted by Crippen LogP contribution is 2.39. The summed E-state index contributed by atoms with van der Waals surface area (Å²) in [5, 5.41) is 3.81. The van der Waals surface area contributed by atoms with Crippen LogP contribution in [0.3, 0.4) is 0 Å². The van der Waals surface area contributed by atoms with Crippen molar-refractivity contribution in [3.05, 3.63) is 34.9 Å². The van der Waals surface area contributed by atoms with E-state index in [-0.39, 0.29) is 30.2 Å². The fraction of sp³-hybridized carbons (Fsp3) is 0.556. The van der Waals surface area contributed by atoms with E-state index in [0.717, 1.165) is 31.6 Å². The van der Waals surface area contributed by atoms with Crippen LogP contribution in [-0.2, 0) is 9.59 Å². The lowest BCUT2D eigenvalue weighted by Gasteiger charge is -2.28. The minimum atomic E-state index is -0.325. The molecule has 1 aromatic rings. The summed E-state index contributed by atoms with van der Waals surface area (Å²) in [6.07, 6.45) is 1.30. The van der Waals surface area contributed by atoms with Crippen LogP contribution in [0.4, 0.5) is 0 Å². The lowest BCUT2D eigenvalue weighted by Crippen LogP contribution is -2.37. The van der Waals surface area contributed by atoms with E-state index < -0.39 is 0 Å². The zero-order valence-electron chi connectivity index (χ0n) is 14.2. The highest BCUT2D eigenvalue weighted by Gasteiger charge is 2.45. The second-order valence-electron chi connectivity index (χ2n) is 6.81. The van der Waals surface area contributed by atoms with Crippen LogP contribution in [0.2, 0.25) is 5.02 Å². The maximum absolute atomic E-state index is 13.1. The standard InChI is InChI=1S/C18H24ClN3O2/c1-20-10-12-6-7-22(11-12)18(24)15-9-16(23)21(2)17(15)13-4-3-5-14(19)8-13/h3-5,8,12,15,17,20H,6-7,9-11H2,1-2H3. The molecule has 2 amide bonds. The van der Waals surface area contributed by atoms with Gasteiger partial charge >= 0.3 is 0 Å². The smallest absolute Gasteiger partial charge is 0.228 e. The predicted molar refractivity (Wildman–Crippen MR) is 93.7 cm³/mol. The Kier molecular flexibility index (Phi) is 5.11. The normalized spacial score (nSPS) is 27.1. The first kappa shape index (κ1) is 17.2. The Bertz CT molecular complexity index is 636. The van der Waals surface area contributed by atoms with Gasteiger partial charge in [0, 0.05) is 31.6 Å². The van der Waals surface area contributed by atoms with Gasteiger partial charge in [0.15, 0.2) is 0 Å². The van der Waals surface area contributed by atoms with E-state index in [2.05, 4.69) is 5.32 Å². The van der Waals surface area contributed by atoms with Crippen molar-refractivity contribution in [3.63, 3.8) is 0 Å². The van der Waals surface area contributed by atoms with Crippen LogP contribution < -0.4 is 5.32 Å². The Morgan fingerprint density at radius 1 is 1.42 bits per heavy atom. The Morgan fingerprint density at radius 3 is 2.92 bits per heavy atom. The molecule has 6 heteroatoms. The Morgan fingerprint density at radius 2 is 2.21 bits per heavy atom. The molecule has 3 rings (SSSR count). The second-order valence-corrected chi connectivity index (χ2v) is 7.25. The number of carbonyl (C=O) groups is 2. The SMILES string of the molecule is CNCC1CCN(C(=O)C2CC(=O)N(C)C2c2cccc(Cl)c2)C1. The molecule has 2 saturated heterocycles. The Labute approximate surface area is 147 Å². The molecule has 0 spiro atoms. The van der Waals surface area contributed by atoms with Crippen LogP contribution >= 0.6 is 11.6 Å². The summed E-state index contributed by atoms with van der Waals surface area (Å²) < 4.78 is 0. The molecule has 0 bridgehead atoms. The summed E-state index contributed by atoms with van der Waals surface area (Å²) in [4.78, 5) is 28.9. The molecule has 0 aliphatic carbocycles. The number of benzene rings is 1. The highest BCUT2D eigenvalue weighted by molar-refractivity contribution is 6.30. The van der Waals surface area contributed by atoms with E-state index in [1.54, 1.807) is 11.9 Å². The van der Waals surface area contributed by atoms with Crippen LogP contribution in [0.1, 0.15) is 24.4 Å². The second kappa shape index (κ2) is 7.11. The van der Waals surface area contributed by atoms with Gasteiger partial charge in [-0.1, -0.05) is 23.7 Å². The molecular weight excluding hydrogens is 326 g/mol.